The van der Waals surface area contributed by atoms with E-state index in [0.717, 1.165) is 17.1 Å². The van der Waals surface area contributed by atoms with E-state index in [1.54, 1.807) is 6.20 Å². The van der Waals surface area contributed by atoms with E-state index in [4.69, 9.17) is 17.3 Å². The molecule has 0 bridgehead atoms. The van der Waals surface area contributed by atoms with Gasteiger partial charge in [-0.1, -0.05) is 17.7 Å². The number of hydrogen-bond acceptors (Lipinski definition) is 2. The number of nitrogen functional groups attached to an aromatic ring is 1. The molecule has 0 aliphatic carbocycles. The van der Waals surface area contributed by atoms with E-state index in [1.807, 2.05) is 36.0 Å². The average Bonchev–Trinajstić information content (AvgIpc) is 2.56. The molecule has 0 fully saturated rings. The summed E-state index contributed by atoms with van der Waals surface area (Å²) in [6.45, 7) is 2.76. The molecule has 0 atom stereocenters. The molecule has 0 aliphatic rings. The van der Waals surface area contributed by atoms with Crippen LogP contribution in [0.3, 0.4) is 0 Å². The Labute approximate surface area is 93.5 Å². The Morgan fingerprint density at radius 3 is 2.87 bits per heavy atom. The zero-order chi connectivity index (χ0) is 10.8. The largest absolute Gasteiger partial charge is 0.396 e. The van der Waals surface area contributed by atoms with Gasteiger partial charge in [-0.25, -0.2) is 0 Å². The van der Waals surface area contributed by atoms with Crippen molar-refractivity contribution >= 4 is 17.3 Å². The van der Waals surface area contributed by atoms with Crippen molar-refractivity contribution in [2.75, 3.05) is 5.73 Å². The van der Waals surface area contributed by atoms with E-state index in [0.29, 0.717) is 5.69 Å². The second-order valence-corrected chi connectivity index (χ2v) is 3.98. The second-order valence-electron chi connectivity index (χ2n) is 3.54. The van der Waals surface area contributed by atoms with Crippen molar-refractivity contribution in [2.24, 2.45) is 0 Å². The first-order chi connectivity index (χ1) is 7.15. The Morgan fingerprint density at radius 2 is 2.27 bits per heavy atom. The molecule has 2 aromatic rings. The smallest absolute Gasteiger partial charge is 0.0719 e. The molecule has 15 heavy (non-hydrogen) atoms. The van der Waals surface area contributed by atoms with Crippen molar-refractivity contribution in [2.45, 2.75) is 13.5 Å². The van der Waals surface area contributed by atoms with Gasteiger partial charge < -0.3 is 5.73 Å². The van der Waals surface area contributed by atoms with Crippen molar-refractivity contribution < 1.29 is 0 Å². The van der Waals surface area contributed by atoms with Gasteiger partial charge in [0.2, 0.25) is 0 Å². The number of nitrogens with two attached hydrogens (primary N) is 1. The van der Waals surface area contributed by atoms with Crippen LogP contribution in [0.5, 0.6) is 0 Å². The number of aromatic nitrogens is 2. The van der Waals surface area contributed by atoms with Crippen LogP contribution < -0.4 is 5.73 Å². The highest BCUT2D eigenvalue weighted by molar-refractivity contribution is 6.30. The third-order valence-electron chi connectivity index (χ3n) is 2.29. The number of nitrogens with zero attached hydrogens (tertiary/aromatic N) is 2. The van der Waals surface area contributed by atoms with Gasteiger partial charge in [-0.15, -0.1) is 0 Å². The lowest BCUT2D eigenvalue weighted by Crippen LogP contribution is -2.01. The van der Waals surface area contributed by atoms with E-state index >= 15 is 0 Å². The summed E-state index contributed by atoms with van der Waals surface area (Å²) >= 11 is 5.88. The fourth-order valence-corrected chi connectivity index (χ4v) is 1.70. The van der Waals surface area contributed by atoms with E-state index in [2.05, 4.69) is 5.10 Å². The lowest BCUT2D eigenvalue weighted by Gasteiger charge is -2.06. The third kappa shape index (κ3) is 2.30. The molecule has 2 rings (SSSR count). The molecule has 0 aliphatic heterocycles. The van der Waals surface area contributed by atoms with Gasteiger partial charge >= 0.3 is 0 Å². The van der Waals surface area contributed by atoms with Crippen LogP contribution in [-0.4, -0.2) is 9.78 Å². The molecular weight excluding hydrogens is 210 g/mol. The van der Waals surface area contributed by atoms with Gasteiger partial charge in [0.1, 0.15) is 0 Å². The topological polar surface area (TPSA) is 43.8 Å². The minimum Gasteiger partial charge on any atom is -0.396 e. The zero-order valence-electron chi connectivity index (χ0n) is 8.44. The second kappa shape index (κ2) is 3.95. The van der Waals surface area contributed by atoms with Crippen LogP contribution in [0.25, 0.3) is 0 Å². The Balaban J connectivity index is 2.24. The highest BCUT2D eigenvalue weighted by Crippen LogP contribution is 2.16. The monoisotopic (exact) mass is 221 g/mol. The van der Waals surface area contributed by atoms with Crippen LogP contribution in [0.2, 0.25) is 5.02 Å². The lowest BCUT2D eigenvalue weighted by molar-refractivity contribution is 0.684. The number of hydrogen-bond donors (Lipinski definition) is 1. The number of benzene rings is 1. The van der Waals surface area contributed by atoms with Crippen LogP contribution in [0.15, 0.2) is 30.6 Å². The molecule has 0 saturated carbocycles. The summed E-state index contributed by atoms with van der Waals surface area (Å²) in [5.74, 6) is 0. The van der Waals surface area contributed by atoms with Gasteiger partial charge in [0, 0.05) is 11.2 Å². The summed E-state index contributed by atoms with van der Waals surface area (Å²) in [6, 6.07) is 5.84. The summed E-state index contributed by atoms with van der Waals surface area (Å²) in [6.07, 6.45) is 3.46. The summed E-state index contributed by atoms with van der Waals surface area (Å²) in [5, 5.41) is 4.89. The first-order valence-electron chi connectivity index (χ1n) is 4.68. The Morgan fingerprint density at radius 1 is 1.47 bits per heavy atom. The predicted octanol–water partition coefficient (Wildman–Crippen LogP) is 2.48. The summed E-state index contributed by atoms with van der Waals surface area (Å²) in [7, 11) is 0. The molecule has 0 saturated heterocycles. The fourth-order valence-electron chi connectivity index (χ4n) is 1.48. The molecule has 3 nitrogen and oxygen atoms in total. The van der Waals surface area contributed by atoms with Crippen LogP contribution in [0.1, 0.15) is 11.1 Å². The fraction of sp³-hybridized carbons (Fsp3) is 0.182. The molecule has 0 amide bonds. The standard InChI is InChI=1S/C11H12ClN3/c1-8-4-10(12)3-2-9(8)6-15-7-11(13)5-14-15/h2-5,7H,6,13H2,1H3. The normalized spacial score (nSPS) is 10.5. The highest BCUT2D eigenvalue weighted by atomic mass is 35.5. The van der Waals surface area contributed by atoms with Gasteiger partial charge in [-0.05, 0) is 30.2 Å². The number of anilines is 1. The van der Waals surface area contributed by atoms with Crippen molar-refractivity contribution in [3.8, 4) is 0 Å². The Hall–Kier alpha value is -1.48. The molecule has 1 aromatic heterocycles. The van der Waals surface area contributed by atoms with Crippen LogP contribution >= 0.6 is 11.6 Å². The van der Waals surface area contributed by atoms with Crippen molar-refractivity contribution in [3.05, 3.63) is 46.7 Å². The zero-order valence-corrected chi connectivity index (χ0v) is 9.20. The summed E-state index contributed by atoms with van der Waals surface area (Å²) in [4.78, 5) is 0. The molecule has 0 radical (unpaired) electrons. The van der Waals surface area contributed by atoms with Crippen LogP contribution in [-0.2, 0) is 6.54 Å². The molecule has 78 valence electrons. The first-order valence-corrected chi connectivity index (χ1v) is 5.06. The molecule has 1 aromatic carbocycles. The maximum atomic E-state index is 5.88. The minimum absolute atomic E-state index is 0.682. The van der Waals surface area contributed by atoms with E-state index in [9.17, 15) is 0 Å². The van der Waals surface area contributed by atoms with Gasteiger partial charge in [0.25, 0.3) is 0 Å². The maximum Gasteiger partial charge on any atom is 0.0719 e. The highest BCUT2D eigenvalue weighted by Gasteiger charge is 2.01. The molecular formula is C11H12ClN3. The third-order valence-corrected chi connectivity index (χ3v) is 2.53. The van der Waals surface area contributed by atoms with E-state index in [-0.39, 0.29) is 0 Å². The van der Waals surface area contributed by atoms with Crippen LogP contribution in [0, 0.1) is 6.92 Å². The Kier molecular flexibility index (Phi) is 2.64. The van der Waals surface area contributed by atoms with E-state index < -0.39 is 0 Å². The number of aryl methyl sites for hydroxylation is 1. The molecule has 1 heterocycles. The minimum atomic E-state index is 0.682. The quantitative estimate of drug-likeness (QED) is 0.847. The summed E-state index contributed by atoms with van der Waals surface area (Å²) in [5.41, 5.74) is 8.63. The Bertz CT molecular complexity index is 476. The van der Waals surface area contributed by atoms with Crippen molar-refractivity contribution in [1.82, 2.24) is 9.78 Å². The average molecular weight is 222 g/mol. The van der Waals surface area contributed by atoms with E-state index in [1.165, 1.54) is 5.56 Å². The molecule has 4 heteroatoms. The van der Waals surface area contributed by atoms with Gasteiger partial charge in [0.05, 0.1) is 18.4 Å². The summed E-state index contributed by atoms with van der Waals surface area (Å²) < 4.78 is 1.81. The first kappa shape index (κ1) is 10.1. The predicted molar refractivity (Wildman–Crippen MR) is 61.9 cm³/mol. The molecule has 2 N–H and O–H groups in total. The van der Waals surface area contributed by atoms with Gasteiger partial charge in [-0.2, -0.15) is 5.10 Å². The molecule has 0 unspecified atom stereocenters. The maximum absolute atomic E-state index is 5.88. The lowest BCUT2D eigenvalue weighted by atomic mass is 10.1. The van der Waals surface area contributed by atoms with Crippen LogP contribution in [0.4, 0.5) is 5.69 Å². The number of rotatable bonds is 2. The van der Waals surface area contributed by atoms with Gasteiger partial charge in [0.15, 0.2) is 0 Å². The molecule has 0 spiro atoms. The van der Waals surface area contributed by atoms with Gasteiger partial charge in [-0.3, -0.25) is 4.68 Å². The van der Waals surface area contributed by atoms with Crippen molar-refractivity contribution in [3.63, 3.8) is 0 Å². The SMILES string of the molecule is Cc1cc(Cl)ccc1Cn1cc(N)cn1. The number of halogens is 1. The van der Waals surface area contributed by atoms with Crippen molar-refractivity contribution in [1.29, 1.82) is 0 Å².